The third-order valence-electron chi connectivity index (χ3n) is 6.91. The molecule has 0 radical (unpaired) electrons. The molecule has 0 nitrogen and oxygen atoms in total. The fraction of sp³-hybridized carbons (Fsp3) is 0.500. The summed E-state index contributed by atoms with van der Waals surface area (Å²) in [6.07, 6.45) is 0. The molecule has 0 saturated heterocycles. The van der Waals surface area contributed by atoms with Gasteiger partial charge in [0.1, 0.15) is 0 Å². The second-order valence-corrected chi connectivity index (χ2v) is 12.3. The van der Waals surface area contributed by atoms with E-state index in [1.54, 1.807) is 0 Å². The maximum Gasteiger partial charge on any atom is -0.0219 e. The Morgan fingerprint density at radius 2 is 0.500 bits per heavy atom. The van der Waals surface area contributed by atoms with E-state index < -0.39 is 0 Å². The molecule has 0 heterocycles. The second-order valence-electron chi connectivity index (χ2n) is 12.3. The summed E-state index contributed by atoms with van der Waals surface area (Å²) in [5.41, 5.74) is 11.1. The molecule has 4 rings (SSSR count). The highest BCUT2D eigenvalue weighted by molar-refractivity contribution is 5.26. The van der Waals surface area contributed by atoms with Gasteiger partial charge in [0.15, 0.2) is 0 Å². The van der Waals surface area contributed by atoms with Crippen LogP contribution in [-0.2, 0) is 0 Å². The van der Waals surface area contributed by atoms with E-state index in [0.29, 0.717) is 23.7 Å². The van der Waals surface area contributed by atoms with Gasteiger partial charge in [-0.05, 0) is 73.6 Å². The van der Waals surface area contributed by atoms with Crippen LogP contribution in [0.25, 0.3) is 0 Å². The van der Waals surface area contributed by atoms with Crippen molar-refractivity contribution in [2.45, 2.75) is 162 Å². The lowest BCUT2D eigenvalue weighted by molar-refractivity contribution is 0.865. The van der Waals surface area contributed by atoms with Gasteiger partial charge in [0, 0.05) is 0 Å². The molecule has 0 N–H and O–H groups in total. The van der Waals surface area contributed by atoms with Crippen LogP contribution in [0.2, 0.25) is 0 Å². The number of aryl methyl sites for hydroxylation is 4. The molecule has 0 saturated carbocycles. The normalized spacial score (nSPS) is 9.17. The highest BCUT2D eigenvalue weighted by atomic mass is 14.0. The summed E-state index contributed by atoms with van der Waals surface area (Å²) in [5, 5.41) is 0. The van der Waals surface area contributed by atoms with Crippen LogP contribution in [0.4, 0.5) is 0 Å². The van der Waals surface area contributed by atoms with E-state index in [1.165, 1.54) is 44.5 Å². The third kappa shape index (κ3) is 26.9. The Balaban J connectivity index is -0.000000251. The molecule has 0 atom stereocenters. The lowest BCUT2D eigenvalue weighted by atomic mass is 10.0. The minimum absolute atomic E-state index is 0.653. The Hall–Kier alpha value is -3.12. The minimum atomic E-state index is 0.653. The molecule has 4 aromatic rings. The van der Waals surface area contributed by atoms with Crippen molar-refractivity contribution < 1.29 is 0 Å². The van der Waals surface area contributed by atoms with E-state index in [-0.39, 0.29) is 0 Å². The predicted octanol–water partition coefficient (Wildman–Crippen LogP) is 16.6. The van der Waals surface area contributed by atoms with Gasteiger partial charge in [-0.1, -0.05) is 230 Å². The van der Waals surface area contributed by atoms with Crippen LogP contribution in [0.5, 0.6) is 0 Å². The molecule has 0 aliphatic heterocycles. The zero-order valence-electron chi connectivity index (χ0n) is 35.5. The van der Waals surface area contributed by atoms with E-state index in [9.17, 15) is 0 Å². The Kier molecular flexibility index (Phi) is 36.4. The molecule has 0 aliphatic carbocycles. The fourth-order valence-electron chi connectivity index (χ4n) is 3.96. The molecule has 0 fully saturated rings. The van der Waals surface area contributed by atoms with E-state index in [0.717, 1.165) is 0 Å². The van der Waals surface area contributed by atoms with Gasteiger partial charge in [-0.15, -0.1) is 0 Å². The molecular weight excluding hydrogens is 577 g/mol. The summed E-state index contributed by atoms with van der Waals surface area (Å²) in [7, 11) is 0. The molecule has 0 heteroatoms. The highest BCUT2D eigenvalue weighted by Gasteiger charge is 1.98. The second kappa shape index (κ2) is 33.8. The van der Waals surface area contributed by atoms with Gasteiger partial charge in [0.05, 0.1) is 0 Å². The topological polar surface area (TPSA) is 0 Å². The summed E-state index contributed by atoms with van der Waals surface area (Å²) in [6.45, 7) is 42.2. The molecule has 272 valence electrons. The number of hydrogen-bond acceptors (Lipinski definition) is 0. The first-order valence-corrected chi connectivity index (χ1v) is 19.1. The molecule has 0 unspecified atom stereocenters. The van der Waals surface area contributed by atoms with Crippen LogP contribution in [0.1, 0.15) is 179 Å². The van der Waals surface area contributed by atoms with Crippen molar-refractivity contribution >= 4 is 0 Å². The van der Waals surface area contributed by atoms with Crippen molar-refractivity contribution in [1.29, 1.82) is 0 Å². The van der Waals surface area contributed by atoms with Crippen LogP contribution in [-0.4, -0.2) is 0 Å². The monoisotopic (exact) mass is 657 g/mol. The number of hydrogen-bond donors (Lipinski definition) is 0. The highest BCUT2D eigenvalue weighted by Crippen LogP contribution is 2.16. The maximum atomic E-state index is 2.24. The summed E-state index contributed by atoms with van der Waals surface area (Å²) >= 11 is 0. The fourth-order valence-corrected chi connectivity index (χ4v) is 3.96. The van der Waals surface area contributed by atoms with E-state index in [2.05, 4.69) is 180 Å². The van der Waals surface area contributed by atoms with Crippen LogP contribution in [0, 0.1) is 27.7 Å². The summed E-state index contributed by atoms with van der Waals surface area (Å²) in [4.78, 5) is 0. The Morgan fingerprint density at radius 1 is 0.271 bits per heavy atom. The maximum absolute atomic E-state index is 2.24. The number of benzene rings is 4. The van der Waals surface area contributed by atoms with Gasteiger partial charge in [-0.3, -0.25) is 0 Å². The van der Waals surface area contributed by atoms with Gasteiger partial charge in [-0.2, -0.15) is 0 Å². The summed E-state index contributed by atoms with van der Waals surface area (Å²) in [6, 6.07) is 34.8. The average Bonchev–Trinajstić information content (AvgIpc) is 3.09. The third-order valence-corrected chi connectivity index (χ3v) is 6.91. The van der Waals surface area contributed by atoms with Crippen molar-refractivity contribution in [1.82, 2.24) is 0 Å². The number of rotatable bonds is 4. The van der Waals surface area contributed by atoms with Gasteiger partial charge in [0.2, 0.25) is 0 Å². The van der Waals surface area contributed by atoms with E-state index in [4.69, 9.17) is 0 Å². The quantitative estimate of drug-likeness (QED) is 0.205. The van der Waals surface area contributed by atoms with Gasteiger partial charge < -0.3 is 0 Å². The molecule has 0 aromatic heterocycles. The van der Waals surface area contributed by atoms with Gasteiger partial charge in [0.25, 0.3) is 0 Å². The first kappa shape index (κ1) is 51.7. The molecule has 0 aliphatic rings. The first-order valence-electron chi connectivity index (χ1n) is 19.1. The first-order chi connectivity index (χ1) is 22.8. The Morgan fingerprint density at radius 3 is 0.667 bits per heavy atom. The molecule has 0 spiro atoms. The van der Waals surface area contributed by atoms with Gasteiger partial charge in [-0.25, -0.2) is 0 Å². The zero-order valence-corrected chi connectivity index (χ0v) is 35.5. The van der Waals surface area contributed by atoms with Crippen molar-refractivity contribution in [3.8, 4) is 0 Å². The molecular formula is C48H80. The summed E-state index contributed by atoms with van der Waals surface area (Å²) in [5.74, 6) is 2.61. The molecule has 48 heavy (non-hydrogen) atoms. The van der Waals surface area contributed by atoms with E-state index >= 15 is 0 Å². The van der Waals surface area contributed by atoms with E-state index in [1.807, 2.05) is 55.4 Å². The molecule has 0 bridgehead atoms. The van der Waals surface area contributed by atoms with Crippen LogP contribution in [0.15, 0.2) is 97.1 Å². The standard InChI is InChI=1S/4C10H14.4C2H6/c2*1-8(2)10-6-4-9(3)5-7-10;2*1-8(2)10-6-4-5-9(3)7-10;4*1-2/h4*4-8H,1-3H3;4*1-2H3. The Labute approximate surface area is 302 Å². The lowest BCUT2D eigenvalue weighted by Gasteiger charge is -2.04. The van der Waals surface area contributed by atoms with Crippen molar-refractivity contribution in [3.63, 3.8) is 0 Å². The lowest BCUT2D eigenvalue weighted by Crippen LogP contribution is -1.86. The largest absolute Gasteiger partial charge is 0.0683 e. The van der Waals surface area contributed by atoms with Crippen LogP contribution in [0.3, 0.4) is 0 Å². The SMILES string of the molecule is CC.CC.CC.CC.Cc1ccc(C(C)C)cc1.Cc1ccc(C(C)C)cc1.Cc1cccc(C(C)C)c1.Cc1cccc(C(C)C)c1. The van der Waals surface area contributed by atoms with Crippen molar-refractivity contribution in [2.75, 3.05) is 0 Å². The average molecular weight is 657 g/mol. The van der Waals surface area contributed by atoms with Crippen LogP contribution < -0.4 is 0 Å². The summed E-state index contributed by atoms with van der Waals surface area (Å²) < 4.78 is 0. The molecule has 4 aromatic carbocycles. The molecule has 0 amide bonds. The smallest absolute Gasteiger partial charge is 0.0219 e. The van der Waals surface area contributed by atoms with Crippen LogP contribution >= 0.6 is 0 Å². The van der Waals surface area contributed by atoms with Crippen molar-refractivity contribution in [3.05, 3.63) is 142 Å². The van der Waals surface area contributed by atoms with Crippen molar-refractivity contribution in [2.24, 2.45) is 0 Å². The Bertz CT molecular complexity index is 1110. The van der Waals surface area contributed by atoms with Gasteiger partial charge >= 0.3 is 0 Å². The minimum Gasteiger partial charge on any atom is -0.0683 e. The zero-order chi connectivity index (χ0) is 38.2. The predicted molar refractivity (Wildman–Crippen MR) is 226 cm³/mol.